The van der Waals surface area contributed by atoms with Crippen LogP contribution in [0.2, 0.25) is 0 Å². The van der Waals surface area contributed by atoms with Crippen LogP contribution in [0.15, 0.2) is 30.3 Å². The van der Waals surface area contributed by atoms with Gasteiger partial charge in [0, 0.05) is 11.6 Å². The maximum absolute atomic E-state index is 13.2. The molecule has 0 aliphatic heterocycles. The number of benzene rings is 1. The summed E-state index contributed by atoms with van der Waals surface area (Å²) >= 11 is 0. The molecular formula is C13H14FNO4. The minimum Gasteiger partial charge on any atom is -0.479 e. The Morgan fingerprint density at radius 2 is 2.05 bits per heavy atom. The largest absolute Gasteiger partial charge is 0.479 e. The van der Waals surface area contributed by atoms with E-state index < -0.39 is 29.8 Å². The number of rotatable bonds is 5. The van der Waals surface area contributed by atoms with Crippen LogP contribution in [0.5, 0.6) is 0 Å². The van der Waals surface area contributed by atoms with Gasteiger partial charge in [-0.2, -0.15) is 0 Å². The average Bonchev–Trinajstić information content (AvgIpc) is 2.35. The number of amides is 1. The molecule has 0 fully saturated rings. The Kier molecular flexibility index (Phi) is 4.77. The Balaban J connectivity index is 2.57. The minimum atomic E-state index is -2.04. The Hall–Kier alpha value is -2.21. The summed E-state index contributed by atoms with van der Waals surface area (Å²) in [6, 6.07) is 5.89. The van der Waals surface area contributed by atoms with E-state index in [9.17, 15) is 19.1 Å². The fourth-order valence-corrected chi connectivity index (χ4v) is 1.17. The van der Waals surface area contributed by atoms with E-state index in [0.29, 0.717) is 0 Å². The smallest absolute Gasteiger partial charge is 0.337 e. The van der Waals surface area contributed by atoms with Gasteiger partial charge in [-0.05, 0) is 19.1 Å². The average molecular weight is 267 g/mol. The van der Waals surface area contributed by atoms with E-state index >= 15 is 0 Å². The monoisotopic (exact) mass is 267 g/mol. The molecule has 0 aliphatic rings. The molecule has 3 N–H and O–H groups in total. The summed E-state index contributed by atoms with van der Waals surface area (Å²) in [6.07, 6.45) is 2.33. The zero-order valence-corrected chi connectivity index (χ0v) is 10.3. The lowest BCUT2D eigenvalue weighted by Gasteiger charge is -2.17. The molecule has 1 aromatic rings. The Morgan fingerprint density at radius 1 is 1.42 bits per heavy atom. The Bertz CT molecular complexity index is 511. The van der Waals surface area contributed by atoms with Crippen LogP contribution in [0, 0.1) is 5.82 Å². The summed E-state index contributed by atoms with van der Waals surface area (Å²) in [4.78, 5) is 22.0. The molecule has 1 rings (SSSR count). The molecule has 0 spiro atoms. The number of hydrogen-bond donors (Lipinski definition) is 3. The molecule has 0 aliphatic carbocycles. The van der Waals surface area contributed by atoms with Gasteiger partial charge in [0.1, 0.15) is 5.82 Å². The van der Waals surface area contributed by atoms with Gasteiger partial charge in [-0.25, -0.2) is 9.18 Å². The lowest BCUT2D eigenvalue weighted by atomic mass is 10.1. The summed E-state index contributed by atoms with van der Waals surface area (Å²) in [5.41, 5.74) is -1.80. The van der Waals surface area contributed by atoms with Crippen molar-refractivity contribution in [2.45, 2.75) is 12.5 Å². The Morgan fingerprint density at radius 3 is 2.63 bits per heavy atom. The maximum Gasteiger partial charge on any atom is 0.337 e. The minimum absolute atomic E-state index is 0.239. The molecule has 0 bridgehead atoms. The fraction of sp³-hybridized carbons (Fsp3) is 0.231. The molecule has 0 saturated heterocycles. The van der Waals surface area contributed by atoms with E-state index in [1.807, 2.05) is 0 Å². The highest BCUT2D eigenvalue weighted by atomic mass is 19.1. The van der Waals surface area contributed by atoms with Gasteiger partial charge in [-0.15, -0.1) is 0 Å². The van der Waals surface area contributed by atoms with Gasteiger partial charge in [0.25, 0.3) is 0 Å². The number of aliphatic hydroxyl groups is 1. The number of nitrogens with one attached hydrogen (secondary N) is 1. The molecule has 0 aromatic heterocycles. The maximum atomic E-state index is 13.2. The third kappa shape index (κ3) is 4.51. The van der Waals surface area contributed by atoms with Crippen LogP contribution in [-0.2, 0) is 9.59 Å². The molecule has 1 amide bonds. The van der Waals surface area contributed by atoms with Gasteiger partial charge in [0.05, 0.1) is 6.54 Å². The zero-order chi connectivity index (χ0) is 14.5. The van der Waals surface area contributed by atoms with Crippen molar-refractivity contribution in [3.8, 4) is 0 Å². The van der Waals surface area contributed by atoms with E-state index in [1.165, 1.54) is 24.3 Å². The highest BCUT2D eigenvalue weighted by Gasteiger charge is 2.29. The van der Waals surface area contributed by atoms with Crippen LogP contribution in [-0.4, -0.2) is 34.2 Å². The van der Waals surface area contributed by atoms with Gasteiger partial charge in [-0.1, -0.05) is 18.2 Å². The van der Waals surface area contributed by atoms with Crippen molar-refractivity contribution in [2.75, 3.05) is 6.54 Å². The lowest BCUT2D eigenvalue weighted by molar-refractivity contribution is -0.156. The molecule has 0 radical (unpaired) electrons. The van der Waals surface area contributed by atoms with Crippen molar-refractivity contribution in [2.24, 2.45) is 0 Å². The van der Waals surface area contributed by atoms with Crippen LogP contribution in [0.4, 0.5) is 4.39 Å². The van der Waals surface area contributed by atoms with Gasteiger partial charge >= 0.3 is 5.97 Å². The van der Waals surface area contributed by atoms with E-state index in [4.69, 9.17) is 5.11 Å². The Labute approximate surface area is 109 Å². The lowest BCUT2D eigenvalue weighted by Crippen LogP contribution is -2.46. The summed E-state index contributed by atoms with van der Waals surface area (Å²) in [5.74, 6) is -2.53. The second kappa shape index (κ2) is 6.10. The molecule has 1 unspecified atom stereocenters. The highest BCUT2D eigenvalue weighted by molar-refractivity contribution is 5.92. The summed E-state index contributed by atoms with van der Waals surface area (Å²) in [5, 5.41) is 20.2. The van der Waals surface area contributed by atoms with Crippen LogP contribution in [0.1, 0.15) is 12.5 Å². The van der Waals surface area contributed by atoms with Crippen LogP contribution >= 0.6 is 0 Å². The first kappa shape index (κ1) is 14.8. The second-order valence-corrected chi connectivity index (χ2v) is 4.15. The van der Waals surface area contributed by atoms with Gasteiger partial charge < -0.3 is 15.5 Å². The number of carboxylic acid groups (broad SMARTS) is 1. The van der Waals surface area contributed by atoms with Crippen molar-refractivity contribution >= 4 is 18.0 Å². The van der Waals surface area contributed by atoms with E-state index in [2.05, 4.69) is 5.32 Å². The molecule has 5 nitrogen and oxygen atoms in total. The topological polar surface area (TPSA) is 86.6 Å². The third-order valence-electron chi connectivity index (χ3n) is 2.39. The molecular weight excluding hydrogens is 253 g/mol. The van der Waals surface area contributed by atoms with Crippen molar-refractivity contribution in [1.29, 1.82) is 0 Å². The molecule has 102 valence electrons. The van der Waals surface area contributed by atoms with Gasteiger partial charge in [0.2, 0.25) is 5.91 Å². The number of hydrogen-bond acceptors (Lipinski definition) is 3. The van der Waals surface area contributed by atoms with Crippen molar-refractivity contribution < 1.29 is 24.2 Å². The van der Waals surface area contributed by atoms with Crippen LogP contribution in [0.3, 0.4) is 0 Å². The molecule has 0 saturated carbocycles. The molecule has 1 atom stereocenters. The van der Waals surface area contributed by atoms with E-state index in [0.717, 1.165) is 13.0 Å². The highest BCUT2D eigenvalue weighted by Crippen LogP contribution is 2.08. The quantitative estimate of drug-likeness (QED) is 0.688. The number of halogens is 1. The normalized spacial score (nSPS) is 14.1. The first-order valence-corrected chi connectivity index (χ1v) is 5.49. The number of carbonyl (C=O) groups is 2. The molecule has 19 heavy (non-hydrogen) atoms. The van der Waals surface area contributed by atoms with Gasteiger partial charge in [-0.3, -0.25) is 4.79 Å². The zero-order valence-electron chi connectivity index (χ0n) is 10.3. The standard InChI is InChI=1S/C13H14FNO4/c1-13(19,12(17)18)8-15-11(16)7-6-9-4-2-3-5-10(9)14/h2-7,19H,8H2,1H3,(H,15,16)(H,17,18). The van der Waals surface area contributed by atoms with Gasteiger partial charge in [0.15, 0.2) is 5.60 Å². The summed E-state index contributed by atoms with van der Waals surface area (Å²) in [6.45, 7) is 0.624. The molecule has 0 heterocycles. The number of carbonyl (C=O) groups excluding carboxylic acids is 1. The van der Waals surface area contributed by atoms with Crippen molar-refractivity contribution in [1.82, 2.24) is 5.32 Å². The second-order valence-electron chi connectivity index (χ2n) is 4.15. The number of aliphatic carboxylic acids is 1. The van der Waals surface area contributed by atoms with Crippen molar-refractivity contribution in [3.63, 3.8) is 0 Å². The third-order valence-corrected chi connectivity index (χ3v) is 2.39. The summed E-state index contributed by atoms with van der Waals surface area (Å²) < 4.78 is 13.2. The summed E-state index contributed by atoms with van der Waals surface area (Å²) in [7, 11) is 0. The first-order chi connectivity index (χ1) is 8.83. The number of carboxylic acids is 1. The van der Waals surface area contributed by atoms with Crippen molar-refractivity contribution in [3.05, 3.63) is 41.7 Å². The predicted octanol–water partition coefficient (Wildman–Crippen LogP) is 0.791. The van der Waals surface area contributed by atoms with E-state index in [-0.39, 0.29) is 5.56 Å². The predicted molar refractivity (Wildman–Crippen MR) is 66.7 cm³/mol. The fourth-order valence-electron chi connectivity index (χ4n) is 1.17. The molecule has 6 heteroatoms. The SMILES string of the molecule is CC(O)(CNC(=O)C=Cc1ccccc1F)C(=O)O. The van der Waals surface area contributed by atoms with E-state index in [1.54, 1.807) is 6.07 Å². The first-order valence-electron chi connectivity index (χ1n) is 5.49. The van der Waals surface area contributed by atoms with Crippen LogP contribution < -0.4 is 5.32 Å². The molecule has 1 aromatic carbocycles. The van der Waals surface area contributed by atoms with Crippen LogP contribution in [0.25, 0.3) is 6.08 Å².